The summed E-state index contributed by atoms with van der Waals surface area (Å²) in [6.45, 7) is 2.64. The summed E-state index contributed by atoms with van der Waals surface area (Å²) in [7, 11) is 1.39. The number of ether oxygens (including phenoxy) is 1. The van der Waals surface area contributed by atoms with Gasteiger partial charge in [0.15, 0.2) is 5.65 Å². The lowest BCUT2D eigenvalue weighted by Gasteiger charge is -2.37. The average molecular weight is 515 g/mol. The standard InChI is InChI=1S/C25H28F2N6O4/c1-25(26,27)18-5-7-32(8-6-18)23(34)33-9-10-37-20-4-3-15(11-17(20)14-33)16-12-19-21(28-13-16)30-22(29-19)31(2)24(35)36/h3-4,11-13,18H,5-10,14H2,1-2H3,(H,35,36)(H,28,29,30). The number of carbonyl (C=O) groups is 2. The third-order valence-corrected chi connectivity index (χ3v) is 7.06. The zero-order valence-corrected chi connectivity index (χ0v) is 20.6. The largest absolute Gasteiger partial charge is 0.491 e. The summed E-state index contributed by atoms with van der Waals surface area (Å²) in [5.41, 5.74) is 3.44. The lowest BCUT2D eigenvalue weighted by molar-refractivity contribution is -0.0594. The van der Waals surface area contributed by atoms with Crippen LogP contribution in [0.25, 0.3) is 22.3 Å². The SMILES string of the molecule is CN(C(=O)O)c1nc2ncc(-c3ccc4c(c3)CN(C(=O)N3CCC(C(C)(F)F)CC3)CCO4)cc2[nH]1. The van der Waals surface area contributed by atoms with Gasteiger partial charge in [-0.05, 0) is 43.5 Å². The maximum Gasteiger partial charge on any atom is 0.413 e. The van der Waals surface area contributed by atoms with E-state index in [4.69, 9.17) is 4.74 Å². The molecule has 10 nitrogen and oxygen atoms in total. The number of rotatable bonds is 3. The molecule has 12 heteroatoms. The van der Waals surface area contributed by atoms with Gasteiger partial charge in [-0.1, -0.05) is 6.07 Å². The van der Waals surface area contributed by atoms with Crippen molar-refractivity contribution in [3.8, 4) is 16.9 Å². The highest BCUT2D eigenvalue weighted by Gasteiger charge is 2.38. The Labute approximate surface area is 211 Å². The first-order valence-electron chi connectivity index (χ1n) is 12.1. The number of alkyl halides is 2. The number of H-pyrrole nitrogens is 1. The molecule has 0 aliphatic carbocycles. The second kappa shape index (κ2) is 9.49. The number of halogens is 2. The van der Waals surface area contributed by atoms with E-state index in [1.807, 2.05) is 24.3 Å². The molecule has 5 rings (SSSR count). The van der Waals surface area contributed by atoms with Gasteiger partial charge < -0.3 is 24.6 Å². The van der Waals surface area contributed by atoms with Crippen molar-refractivity contribution in [2.24, 2.45) is 5.92 Å². The van der Waals surface area contributed by atoms with E-state index in [-0.39, 0.29) is 24.8 Å². The number of nitrogens with one attached hydrogen (secondary N) is 1. The van der Waals surface area contributed by atoms with E-state index in [2.05, 4.69) is 15.0 Å². The molecule has 1 fully saturated rings. The number of nitrogens with zero attached hydrogens (tertiary/aromatic N) is 5. The fraction of sp³-hybridized carbons (Fsp3) is 0.440. The Morgan fingerprint density at radius 3 is 2.62 bits per heavy atom. The van der Waals surface area contributed by atoms with Crippen LogP contribution in [0.15, 0.2) is 30.5 Å². The van der Waals surface area contributed by atoms with Crippen LogP contribution in [0.1, 0.15) is 25.3 Å². The Morgan fingerprint density at radius 1 is 1.16 bits per heavy atom. The van der Waals surface area contributed by atoms with Gasteiger partial charge in [0.05, 0.1) is 18.6 Å². The number of piperidine rings is 1. The van der Waals surface area contributed by atoms with Gasteiger partial charge in [-0.25, -0.2) is 23.4 Å². The van der Waals surface area contributed by atoms with Gasteiger partial charge in [0.1, 0.15) is 12.4 Å². The topological polar surface area (TPSA) is 115 Å². The molecule has 0 spiro atoms. The molecule has 0 saturated carbocycles. The predicted molar refractivity (Wildman–Crippen MR) is 132 cm³/mol. The lowest BCUT2D eigenvalue weighted by Crippen LogP contribution is -2.48. The second-order valence-electron chi connectivity index (χ2n) is 9.59. The monoisotopic (exact) mass is 514 g/mol. The number of benzene rings is 1. The van der Waals surface area contributed by atoms with Crippen molar-refractivity contribution >= 4 is 29.2 Å². The number of aromatic amines is 1. The van der Waals surface area contributed by atoms with Crippen LogP contribution in [0.5, 0.6) is 5.75 Å². The molecule has 0 atom stereocenters. The van der Waals surface area contributed by atoms with Crippen molar-refractivity contribution in [2.45, 2.75) is 32.2 Å². The van der Waals surface area contributed by atoms with Crippen LogP contribution in [0.3, 0.4) is 0 Å². The molecular weight excluding hydrogens is 486 g/mol. The molecule has 196 valence electrons. The zero-order valence-electron chi connectivity index (χ0n) is 20.6. The number of amides is 3. The van der Waals surface area contributed by atoms with Crippen molar-refractivity contribution in [3.05, 3.63) is 36.0 Å². The Kier molecular flexibility index (Phi) is 6.34. The second-order valence-corrected chi connectivity index (χ2v) is 9.59. The van der Waals surface area contributed by atoms with Gasteiger partial charge in [0.2, 0.25) is 11.9 Å². The summed E-state index contributed by atoms with van der Waals surface area (Å²) >= 11 is 0. The summed E-state index contributed by atoms with van der Waals surface area (Å²) in [6.07, 6.45) is 1.08. The Balaban J connectivity index is 1.34. The van der Waals surface area contributed by atoms with Crippen molar-refractivity contribution in [3.63, 3.8) is 0 Å². The van der Waals surface area contributed by atoms with E-state index in [0.29, 0.717) is 49.7 Å². The molecule has 0 radical (unpaired) electrons. The van der Waals surface area contributed by atoms with Crippen LogP contribution in [0.4, 0.5) is 24.3 Å². The first-order valence-corrected chi connectivity index (χ1v) is 12.1. The van der Waals surface area contributed by atoms with E-state index >= 15 is 0 Å². The van der Waals surface area contributed by atoms with Crippen LogP contribution in [0, 0.1) is 5.92 Å². The van der Waals surface area contributed by atoms with E-state index in [1.165, 1.54) is 7.05 Å². The fourth-order valence-corrected chi connectivity index (χ4v) is 4.81. The Bertz CT molecular complexity index is 1330. The third-order valence-electron chi connectivity index (χ3n) is 7.06. The fourth-order valence-electron chi connectivity index (χ4n) is 4.81. The highest BCUT2D eigenvalue weighted by Crippen LogP contribution is 2.34. The summed E-state index contributed by atoms with van der Waals surface area (Å²) < 4.78 is 33.2. The number of fused-ring (bicyclic) bond motifs is 2. The quantitative estimate of drug-likeness (QED) is 0.535. The molecule has 1 saturated heterocycles. The molecule has 0 unspecified atom stereocenters. The van der Waals surface area contributed by atoms with E-state index < -0.39 is 17.9 Å². The molecule has 2 aliphatic heterocycles. The van der Waals surface area contributed by atoms with Gasteiger partial charge in [0, 0.05) is 43.4 Å². The normalized spacial score (nSPS) is 16.8. The van der Waals surface area contributed by atoms with Crippen LogP contribution in [0.2, 0.25) is 0 Å². The summed E-state index contributed by atoms with van der Waals surface area (Å²) in [6, 6.07) is 7.36. The molecule has 37 heavy (non-hydrogen) atoms. The Hall–Kier alpha value is -3.96. The highest BCUT2D eigenvalue weighted by atomic mass is 19.3. The number of hydrogen-bond donors (Lipinski definition) is 2. The Morgan fingerprint density at radius 2 is 1.92 bits per heavy atom. The number of anilines is 1. The average Bonchev–Trinajstić information content (AvgIpc) is 3.18. The maximum atomic E-state index is 13.7. The van der Waals surface area contributed by atoms with Gasteiger partial charge in [-0.15, -0.1) is 0 Å². The number of pyridine rings is 1. The van der Waals surface area contributed by atoms with Gasteiger partial charge in [0.25, 0.3) is 0 Å². The smallest absolute Gasteiger partial charge is 0.413 e. The summed E-state index contributed by atoms with van der Waals surface area (Å²) in [5.74, 6) is -2.58. The number of carboxylic acid groups (broad SMARTS) is 1. The van der Waals surface area contributed by atoms with E-state index in [0.717, 1.165) is 28.5 Å². The van der Waals surface area contributed by atoms with Crippen LogP contribution < -0.4 is 9.64 Å². The molecule has 1 aromatic carbocycles. The van der Waals surface area contributed by atoms with Crippen molar-refractivity contribution in [1.29, 1.82) is 0 Å². The third kappa shape index (κ3) is 5.00. The minimum atomic E-state index is -2.73. The number of aromatic nitrogens is 3. The number of hydrogen-bond acceptors (Lipinski definition) is 5. The van der Waals surface area contributed by atoms with E-state index in [9.17, 15) is 23.5 Å². The highest BCUT2D eigenvalue weighted by molar-refractivity contribution is 5.87. The molecule has 3 aromatic rings. The van der Waals surface area contributed by atoms with Crippen LogP contribution in [-0.4, -0.2) is 81.2 Å². The molecule has 3 amide bonds. The lowest BCUT2D eigenvalue weighted by atomic mass is 9.91. The van der Waals surface area contributed by atoms with Crippen molar-refractivity contribution < 1.29 is 28.2 Å². The van der Waals surface area contributed by atoms with Crippen LogP contribution >= 0.6 is 0 Å². The molecule has 2 N–H and O–H groups in total. The molecule has 0 bridgehead atoms. The maximum absolute atomic E-state index is 13.7. The van der Waals surface area contributed by atoms with Crippen LogP contribution in [-0.2, 0) is 6.54 Å². The molecular formula is C25H28F2N6O4. The minimum Gasteiger partial charge on any atom is -0.491 e. The van der Waals surface area contributed by atoms with Crippen molar-refractivity contribution in [2.75, 3.05) is 38.2 Å². The van der Waals surface area contributed by atoms with Gasteiger partial charge in [-0.2, -0.15) is 4.98 Å². The predicted octanol–water partition coefficient (Wildman–Crippen LogP) is 4.42. The number of imidazole rings is 1. The summed E-state index contributed by atoms with van der Waals surface area (Å²) in [5, 5.41) is 9.19. The van der Waals surface area contributed by atoms with Crippen molar-refractivity contribution in [1.82, 2.24) is 24.8 Å². The number of carbonyl (C=O) groups excluding carboxylic acids is 1. The van der Waals surface area contributed by atoms with Gasteiger partial charge in [-0.3, -0.25) is 4.90 Å². The summed E-state index contributed by atoms with van der Waals surface area (Å²) in [4.78, 5) is 40.3. The molecule has 2 aromatic heterocycles. The molecule has 4 heterocycles. The number of likely N-dealkylation sites (tertiary alicyclic amines) is 1. The first-order chi connectivity index (χ1) is 17.6. The van der Waals surface area contributed by atoms with E-state index in [1.54, 1.807) is 16.0 Å². The van der Waals surface area contributed by atoms with Gasteiger partial charge >= 0.3 is 12.1 Å². The first kappa shape index (κ1) is 24.7. The zero-order chi connectivity index (χ0) is 26.3. The number of urea groups is 1. The minimum absolute atomic E-state index is 0.170. The molecule has 2 aliphatic rings.